The van der Waals surface area contributed by atoms with Crippen molar-refractivity contribution in [2.24, 2.45) is 0 Å². The third kappa shape index (κ3) is 2.79. The van der Waals surface area contributed by atoms with Gasteiger partial charge in [-0.2, -0.15) is 0 Å². The fourth-order valence-corrected chi connectivity index (χ4v) is 3.94. The van der Waals surface area contributed by atoms with Gasteiger partial charge in [-0.1, -0.05) is 0 Å². The molecule has 1 amide bonds. The standard InChI is InChI=1S/C12H13Br2NO4S/c1-3-19-11(17)12(4-18-5-12)15-10(16)8-6(2)7(13)9(14)20-8/h3-5H2,1-2H3,(H,15,16). The first-order valence-electron chi connectivity index (χ1n) is 5.93. The Morgan fingerprint density at radius 1 is 1.45 bits per heavy atom. The monoisotopic (exact) mass is 425 g/mol. The summed E-state index contributed by atoms with van der Waals surface area (Å²) < 4.78 is 11.8. The normalized spacial score (nSPS) is 16.4. The number of hydrogen-bond donors (Lipinski definition) is 1. The molecule has 0 aliphatic carbocycles. The van der Waals surface area contributed by atoms with Crippen LogP contribution in [0.25, 0.3) is 0 Å². The molecule has 8 heteroatoms. The van der Waals surface area contributed by atoms with Crippen molar-refractivity contribution >= 4 is 55.1 Å². The van der Waals surface area contributed by atoms with E-state index in [0.29, 0.717) is 4.88 Å². The van der Waals surface area contributed by atoms with Crippen molar-refractivity contribution in [3.63, 3.8) is 0 Å². The number of nitrogens with one attached hydrogen (secondary N) is 1. The van der Waals surface area contributed by atoms with Gasteiger partial charge in [0.25, 0.3) is 5.91 Å². The van der Waals surface area contributed by atoms with Gasteiger partial charge in [0.1, 0.15) is 0 Å². The Hall–Kier alpha value is -0.440. The van der Waals surface area contributed by atoms with Crippen LogP contribution >= 0.6 is 43.2 Å². The summed E-state index contributed by atoms with van der Waals surface area (Å²) in [6.07, 6.45) is 0. The maximum Gasteiger partial charge on any atom is 0.336 e. The lowest BCUT2D eigenvalue weighted by Gasteiger charge is -2.39. The van der Waals surface area contributed by atoms with Gasteiger partial charge in [-0.3, -0.25) is 4.79 Å². The lowest BCUT2D eigenvalue weighted by molar-refractivity contribution is -0.170. The van der Waals surface area contributed by atoms with Crippen LogP contribution < -0.4 is 5.32 Å². The number of halogens is 2. The van der Waals surface area contributed by atoms with Gasteiger partial charge in [0.2, 0.25) is 0 Å². The number of amides is 1. The van der Waals surface area contributed by atoms with Crippen molar-refractivity contribution in [1.82, 2.24) is 5.32 Å². The van der Waals surface area contributed by atoms with Crippen molar-refractivity contribution in [1.29, 1.82) is 0 Å². The predicted molar refractivity (Wildman–Crippen MR) is 82.1 cm³/mol. The molecule has 1 fully saturated rings. The number of rotatable bonds is 4. The van der Waals surface area contributed by atoms with E-state index in [1.165, 1.54) is 11.3 Å². The molecule has 0 atom stereocenters. The molecule has 0 aromatic carbocycles. The molecule has 1 aromatic heterocycles. The molecule has 2 rings (SSSR count). The van der Waals surface area contributed by atoms with Gasteiger partial charge >= 0.3 is 5.97 Å². The minimum atomic E-state index is -1.05. The number of carbonyl (C=O) groups is 2. The van der Waals surface area contributed by atoms with E-state index in [4.69, 9.17) is 9.47 Å². The summed E-state index contributed by atoms with van der Waals surface area (Å²) >= 11 is 8.09. The Labute approximate surface area is 137 Å². The van der Waals surface area contributed by atoms with Crippen LogP contribution in [-0.2, 0) is 14.3 Å². The van der Waals surface area contributed by atoms with Crippen LogP contribution in [0.2, 0.25) is 0 Å². The van der Waals surface area contributed by atoms with Gasteiger partial charge < -0.3 is 14.8 Å². The van der Waals surface area contributed by atoms with E-state index < -0.39 is 11.5 Å². The molecule has 2 heterocycles. The molecule has 1 N–H and O–H groups in total. The zero-order valence-corrected chi connectivity index (χ0v) is 14.9. The fraction of sp³-hybridized carbons (Fsp3) is 0.500. The number of hydrogen-bond acceptors (Lipinski definition) is 5. The summed E-state index contributed by atoms with van der Waals surface area (Å²) in [7, 11) is 0. The van der Waals surface area contributed by atoms with E-state index >= 15 is 0 Å². The molecule has 20 heavy (non-hydrogen) atoms. The zero-order chi connectivity index (χ0) is 14.9. The lowest BCUT2D eigenvalue weighted by Crippen LogP contribution is -2.67. The predicted octanol–water partition coefficient (Wildman–Crippen LogP) is 2.64. The maximum atomic E-state index is 12.3. The van der Waals surface area contributed by atoms with E-state index in [0.717, 1.165) is 13.8 Å². The van der Waals surface area contributed by atoms with Gasteiger partial charge in [-0.05, 0) is 51.3 Å². The van der Waals surface area contributed by atoms with Crippen molar-refractivity contribution in [3.8, 4) is 0 Å². The molecule has 110 valence electrons. The highest BCUT2D eigenvalue weighted by atomic mass is 79.9. The van der Waals surface area contributed by atoms with Crippen LogP contribution in [0.4, 0.5) is 0 Å². The van der Waals surface area contributed by atoms with Crippen LogP contribution in [0.1, 0.15) is 22.2 Å². The largest absolute Gasteiger partial charge is 0.464 e. The van der Waals surface area contributed by atoms with Crippen LogP contribution in [0.5, 0.6) is 0 Å². The van der Waals surface area contributed by atoms with Crippen LogP contribution in [0, 0.1) is 6.92 Å². The molecule has 1 aliphatic heterocycles. The zero-order valence-electron chi connectivity index (χ0n) is 10.9. The van der Waals surface area contributed by atoms with Gasteiger partial charge in [0.05, 0.1) is 28.5 Å². The fourth-order valence-electron chi connectivity index (χ4n) is 1.77. The smallest absolute Gasteiger partial charge is 0.336 e. The molecule has 0 spiro atoms. The summed E-state index contributed by atoms with van der Waals surface area (Å²) in [6, 6.07) is 0. The van der Waals surface area contributed by atoms with E-state index in [9.17, 15) is 9.59 Å². The molecule has 0 saturated carbocycles. The molecule has 0 unspecified atom stereocenters. The molecule has 1 aromatic rings. The Morgan fingerprint density at radius 3 is 2.50 bits per heavy atom. The molecule has 1 saturated heterocycles. The first kappa shape index (κ1) is 15.9. The van der Waals surface area contributed by atoms with E-state index in [-0.39, 0.29) is 25.7 Å². The number of thiophene rings is 1. The summed E-state index contributed by atoms with van der Waals surface area (Å²) in [5, 5.41) is 2.74. The van der Waals surface area contributed by atoms with E-state index in [1.807, 2.05) is 6.92 Å². The van der Waals surface area contributed by atoms with Crippen LogP contribution in [-0.4, -0.2) is 37.2 Å². The molecular formula is C12H13Br2NO4S. The lowest BCUT2D eigenvalue weighted by atomic mass is 9.97. The molecule has 0 bridgehead atoms. The van der Waals surface area contributed by atoms with Crippen molar-refractivity contribution in [2.75, 3.05) is 19.8 Å². The molecule has 5 nitrogen and oxygen atoms in total. The second-order valence-corrected chi connectivity index (χ2v) is 7.52. The quantitative estimate of drug-likeness (QED) is 0.751. The summed E-state index contributed by atoms with van der Waals surface area (Å²) in [5.74, 6) is -0.748. The summed E-state index contributed by atoms with van der Waals surface area (Å²) in [6.45, 7) is 4.12. The highest BCUT2D eigenvalue weighted by Gasteiger charge is 2.49. The first-order valence-corrected chi connectivity index (χ1v) is 8.33. The molecular weight excluding hydrogens is 414 g/mol. The SMILES string of the molecule is CCOC(=O)C1(NC(=O)c2sc(Br)c(Br)c2C)COC1. The van der Waals surface area contributed by atoms with Gasteiger partial charge in [0.15, 0.2) is 5.54 Å². The summed E-state index contributed by atoms with van der Waals surface area (Å²) in [4.78, 5) is 24.8. The van der Waals surface area contributed by atoms with Gasteiger partial charge in [-0.15, -0.1) is 11.3 Å². The summed E-state index contributed by atoms with van der Waals surface area (Å²) in [5.41, 5.74) is -0.221. The number of ether oxygens (including phenoxy) is 2. The Bertz CT molecular complexity index is 554. The second kappa shape index (κ2) is 6.13. The molecule has 0 radical (unpaired) electrons. The van der Waals surface area contributed by atoms with Gasteiger partial charge in [0, 0.05) is 4.47 Å². The average Bonchev–Trinajstić information content (AvgIpc) is 2.61. The Morgan fingerprint density at radius 2 is 2.10 bits per heavy atom. The van der Waals surface area contributed by atoms with E-state index in [2.05, 4.69) is 37.2 Å². The van der Waals surface area contributed by atoms with Crippen LogP contribution in [0.3, 0.4) is 0 Å². The van der Waals surface area contributed by atoms with E-state index in [1.54, 1.807) is 6.92 Å². The third-order valence-corrected chi connectivity index (χ3v) is 6.70. The topological polar surface area (TPSA) is 64.6 Å². The highest BCUT2D eigenvalue weighted by molar-refractivity contribution is 9.13. The first-order chi connectivity index (χ1) is 9.41. The second-order valence-electron chi connectivity index (χ2n) is 4.39. The van der Waals surface area contributed by atoms with Gasteiger partial charge in [-0.25, -0.2) is 4.79 Å². The minimum absolute atomic E-state index is 0.143. The Balaban J connectivity index is 2.17. The molecule has 1 aliphatic rings. The maximum absolute atomic E-state index is 12.3. The average molecular weight is 427 g/mol. The highest BCUT2D eigenvalue weighted by Crippen LogP contribution is 2.37. The number of esters is 1. The Kier molecular flexibility index (Phi) is 4.88. The van der Waals surface area contributed by atoms with Crippen molar-refractivity contribution in [3.05, 3.63) is 18.7 Å². The third-order valence-electron chi connectivity index (χ3n) is 2.96. The van der Waals surface area contributed by atoms with Crippen LogP contribution in [0.15, 0.2) is 8.26 Å². The van der Waals surface area contributed by atoms with Crippen molar-refractivity contribution in [2.45, 2.75) is 19.4 Å². The number of carbonyl (C=O) groups excluding carboxylic acids is 2. The van der Waals surface area contributed by atoms with Crippen molar-refractivity contribution < 1.29 is 19.1 Å². The minimum Gasteiger partial charge on any atom is -0.464 e.